The molecule has 2 saturated heterocycles. The summed E-state index contributed by atoms with van der Waals surface area (Å²) >= 11 is 0. The first kappa shape index (κ1) is 17.2. The molecule has 1 aliphatic carbocycles. The molecular formula is C21H26N2O4. The van der Waals surface area contributed by atoms with Crippen molar-refractivity contribution in [2.45, 2.75) is 42.9 Å². The Morgan fingerprint density at radius 3 is 3.07 bits per heavy atom. The molecule has 3 fully saturated rings. The predicted molar refractivity (Wildman–Crippen MR) is 101 cm³/mol. The van der Waals surface area contributed by atoms with Crippen molar-refractivity contribution < 1.29 is 20.1 Å². The molecule has 1 saturated carbocycles. The Morgan fingerprint density at radius 1 is 1.37 bits per heavy atom. The van der Waals surface area contributed by atoms with Crippen molar-refractivity contribution in [3.05, 3.63) is 41.5 Å². The van der Waals surface area contributed by atoms with Crippen molar-refractivity contribution in [3.8, 4) is 0 Å². The largest absolute Gasteiger partial charge is 0.481 e. The lowest BCUT2D eigenvalue weighted by molar-refractivity contribution is -0.142. The fourth-order valence-electron chi connectivity index (χ4n) is 6.95. The van der Waals surface area contributed by atoms with Gasteiger partial charge in [-0.25, -0.2) is 0 Å². The van der Waals surface area contributed by atoms with Gasteiger partial charge in [0.15, 0.2) is 0 Å². The Labute approximate surface area is 158 Å². The van der Waals surface area contributed by atoms with Gasteiger partial charge in [-0.3, -0.25) is 9.69 Å². The van der Waals surface area contributed by atoms with Gasteiger partial charge in [-0.05, 0) is 36.9 Å². The molecule has 4 aliphatic heterocycles. The van der Waals surface area contributed by atoms with Crippen LogP contribution in [0.15, 0.2) is 35.9 Å². The van der Waals surface area contributed by atoms with E-state index in [1.54, 1.807) is 0 Å². The van der Waals surface area contributed by atoms with Gasteiger partial charge in [0.1, 0.15) is 0 Å². The second-order valence-electron chi connectivity index (χ2n) is 8.61. The third-order valence-corrected chi connectivity index (χ3v) is 7.79. The molecule has 4 heterocycles. The molecule has 4 N–H and O–H groups in total. The number of para-hydroxylation sites is 1. The van der Waals surface area contributed by atoms with Gasteiger partial charge >= 0.3 is 5.97 Å². The molecule has 6 atom stereocenters. The highest BCUT2D eigenvalue weighted by molar-refractivity contribution is 5.68. The summed E-state index contributed by atoms with van der Waals surface area (Å²) in [5.74, 6) is -0.0844. The third kappa shape index (κ3) is 2.09. The van der Waals surface area contributed by atoms with Crippen LogP contribution >= 0.6 is 0 Å². The van der Waals surface area contributed by atoms with Crippen LogP contribution in [-0.2, 0) is 14.9 Å². The van der Waals surface area contributed by atoms with Crippen molar-refractivity contribution in [3.63, 3.8) is 0 Å². The number of hydrogen-bond donors (Lipinski definition) is 2. The highest BCUT2D eigenvalue weighted by atomic mass is 16.5. The first-order valence-electron chi connectivity index (χ1n) is 9.81. The van der Waals surface area contributed by atoms with Crippen LogP contribution in [0, 0.1) is 11.8 Å². The Balaban J connectivity index is 0.00000160. The summed E-state index contributed by atoms with van der Waals surface area (Å²) in [6.45, 7) is 2.72. The van der Waals surface area contributed by atoms with Crippen LogP contribution in [0.25, 0.3) is 0 Å². The van der Waals surface area contributed by atoms with Crippen LogP contribution in [0.2, 0.25) is 0 Å². The fraction of sp³-hybridized carbons (Fsp3) is 0.571. The summed E-state index contributed by atoms with van der Waals surface area (Å²) in [6, 6.07) is 9.56. The molecule has 6 rings (SSSR count). The molecule has 0 amide bonds. The van der Waals surface area contributed by atoms with Crippen molar-refractivity contribution >= 4 is 11.7 Å². The van der Waals surface area contributed by atoms with E-state index in [-0.39, 0.29) is 35.4 Å². The van der Waals surface area contributed by atoms with Gasteiger partial charge in [0.05, 0.1) is 19.1 Å². The summed E-state index contributed by atoms with van der Waals surface area (Å²) in [5.41, 5.74) is 4.28. The number of aliphatic carboxylic acids is 1. The highest BCUT2D eigenvalue weighted by Crippen LogP contribution is 2.62. The smallest absolute Gasteiger partial charge is 0.305 e. The zero-order chi connectivity index (χ0) is 17.5. The number of nitrogens with one attached hydrogen (secondary N) is 1. The molecule has 1 spiro atoms. The summed E-state index contributed by atoms with van der Waals surface area (Å²) in [6.07, 6.45) is 4.42. The van der Waals surface area contributed by atoms with E-state index in [2.05, 4.69) is 40.6 Å². The molecular weight excluding hydrogens is 344 g/mol. The van der Waals surface area contributed by atoms with Crippen molar-refractivity contribution in [2.75, 3.05) is 25.0 Å². The van der Waals surface area contributed by atoms with E-state index in [0.717, 1.165) is 25.9 Å². The lowest BCUT2D eigenvalue weighted by Crippen LogP contribution is -2.64. The second-order valence-corrected chi connectivity index (χ2v) is 8.61. The summed E-state index contributed by atoms with van der Waals surface area (Å²) in [7, 11) is 0. The minimum atomic E-state index is -0.756. The first-order valence-corrected chi connectivity index (χ1v) is 9.81. The monoisotopic (exact) mass is 370 g/mol. The zero-order valence-electron chi connectivity index (χ0n) is 15.2. The van der Waals surface area contributed by atoms with Gasteiger partial charge in [-0.2, -0.15) is 0 Å². The molecule has 27 heavy (non-hydrogen) atoms. The number of nitrogens with zero attached hydrogens (tertiary/aromatic N) is 1. The third-order valence-electron chi connectivity index (χ3n) is 7.79. The number of rotatable bonds is 2. The number of carbonyl (C=O) groups is 1. The summed E-state index contributed by atoms with van der Waals surface area (Å²) in [5, 5.41) is 13.3. The van der Waals surface area contributed by atoms with E-state index in [0.29, 0.717) is 18.6 Å². The maximum atomic E-state index is 11.6. The number of ether oxygens (including phenoxy) is 1. The molecule has 6 nitrogen and oxygen atoms in total. The van der Waals surface area contributed by atoms with Crippen LogP contribution in [0.4, 0.5) is 5.69 Å². The van der Waals surface area contributed by atoms with Gasteiger partial charge in [-0.15, -0.1) is 0 Å². The maximum absolute atomic E-state index is 11.6. The van der Waals surface area contributed by atoms with E-state index >= 15 is 0 Å². The molecule has 0 aromatic heterocycles. The molecule has 1 aromatic rings. The van der Waals surface area contributed by atoms with Crippen molar-refractivity contribution in [2.24, 2.45) is 11.8 Å². The average molecular weight is 370 g/mol. The standard InChI is InChI=1S/C21H24N2O3.H2O/c24-18(25)10-16-19-13-9-17-21(6-7-23(17)11-12(13)5-8-26-16)14-3-1-2-4-15(14)22-20(19)21;/h1-5,13,16-17,19-20,22H,6-11H2,(H,24,25);1H2. The molecule has 144 valence electrons. The average Bonchev–Trinajstić information content (AvgIpc) is 3.11. The number of hydrogen-bond acceptors (Lipinski definition) is 4. The minimum absolute atomic E-state index is 0. The van der Waals surface area contributed by atoms with Gasteiger partial charge in [0.25, 0.3) is 0 Å². The van der Waals surface area contributed by atoms with Crippen molar-refractivity contribution in [1.29, 1.82) is 0 Å². The lowest BCUT2D eigenvalue weighted by atomic mass is 9.54. The van der Waals surface area contributed by atoms with E-state index in [1.165, 1.54) is 16.8 Å². The van der Waals surface area contributed by atoms with Gasteiger partial charge in [-0.1, -0.05) is 29.8 Å². The molecule has 6 heteroatoms. The van der Waals surface area contributed by atoms with E-state index < -0.39 is 5.97 Å². The fourth-order valence-corrected chi connectivity index (χ4v) is 6.95. The van der Waals surface area contributed by atoms with Gasteiger partial charge < -0.3 is 20.6 Å². The molecule has 6 unspecified atom stereocenters. The normalized spacial score (nSPS) is 40.7. The number of piperidine rings is 1. The van der Waals surface area contributed by atoms with E-state index in [4.69, 9.17) is 4.74 Å². The number of fused-ring (bicyclic) bond motifs is 2. The number of benzene rings is 1. The first-order chi connectivity index (χ1) is 12.7. The van der Waals surface area contributed by atoms with Crippen LogP contribution in [0.1, 0.15) is 24.8 Å². The SMILES string of the molecule is O.O=C(O)CC1OCC=C2CN3CCC45c6ccccc6NC4C1C2CC35. The van der Waals surface area contributed by atoms with Crippen LogP contribution in [-0.4, -0.2) is 59.3 Å². The number of carboxylic acid groups (broad SMARTS) is 1. The Hall–Kier alpha value is -1.89. The Kier molecular flexibility index (Phi) is 3.70. The van der Waals surface area contributed by atoms with Crippen LogP contribution < -0.4 is 5.32 Å². The van der Waals surface area contributed by atoms with Gasteiger partial charge in [0.2, 0.25) is 0 Å². The van der Waals surface area contributed by atoms with E-state index in [1.807, 2.05) is 0 Å². The molecule has 5 aliphatic rings. The minimum Gasteiger partial charge on any atom is -0.481 e. The van der Waals surface area contributed by atoms with Crippen LogP contribution in [0.3, 0.4) is 0 Å². The number of carboxylic acids is 1. The predicted octanol–water partition coefficient (Wildman–Crippen LogP) is 1.42. The van der Waals surface area contributed by atoms with Gasteiger partial charge in [0, 0.05) is 35.6 Å². The van der Waals surface area contributed by atoms with Crippen molar-refractivity contribution in [1.82, 2.24) is 4.90 Å². The Bertz CT molecular complexity index is 824. The molecule has 1 aromatic carbocycles. The maximum Gasteiger partial charge on any atom is 0.305 e. The van der Waals surface area contributed by atoms with Crippen LogP contribution in [0.5, 0.6) is 0 Å². The van der Waals surface area contributed by atoms with E-state index in [9.17, 15) is 9.90 Å². The summed E-state index contributed by atoms with van der Waals surface area (Å²) < 4.78 is 6.13. The summed E-state index contributed by atoms with van der Waals surface area (Å²) in [4.78, 5) is 14.2. The Morgan fingerprint density at radius 2 is 2.22 bits per heavy atom. The second kappa shape index (κ2) is 5.80. The molecule has 2 bridgehead atoms. The topological polar surface area (TPSA) is 93.3 Å². The molecule has 0 radical (unpaired) electrons. The zero-order valence-corrected chi connectivity index (χ0v) is 15.2. The quantitative estimate of drug-likeness (QED) is 0.768. The highest BCUT2D eigenvalue weighted by Gasteiger charge is 2.66. The number of anilines is 1. The lowest BCUT2D eigenvalue weighted by Gasteiger charge is -2.55.